The molecule has 3 heterocycles. The van der Waals surface area contributed by atoms with Crippen molar-refractivity contribution in [1.82, 2.24) is 20.2 Å². The number of piperidine rings is 1. The van der Waals surface area contributed by atoms with Crippen LogP contribution in [0.1, 0.15) is 29.9 Å². The molecule has 8 heteroatoms. The van der Waals surface area contributed by atoms with Gasteiger partial charge in [0.15, 0.2) is 0 Å². The molecule has 1 saturated heterocycles. The van der Waals surface area contributed by atoms with Gasteiger partial charge in [-0.2, -0.15) is 18.3 Å². The van der Waals surface area contributed by atoms with Crippen LogP contribution >= 0.6 is 0 Å². The van der Waals surface area contributed by atoms with Crippen LogP contribution in [0.25, 0.3) is 0 Å². The topological polar surface area (TPSA) is 57.7 Å². The van der Waals surface area contributed by atoms with E-state index in [0.717, 1.165) is 31.0 Å². The quantitative estimate of drug-likeness (QED) is 0.942. The van der Waals surface area contributed by atoms with Crippen LogP contribution in [-0.4, -0.2) is 33.3 Å². The number of anilines is 1. The first-order valence-electron chi connectivity index (χ1n) is 7.58. The Morgan fingerprint density at radius 1 is 1.26 bits per heavy atom. The molecular weight excluding hydrogens is 307 g/mol. The lowest BCUT2D eigenvalue weighted by Crippen LogP contribution is -2.36. The van der Waals surface area contributed by atoms with Gasteiger partial charge in [0, 0.05) is 30.7 Å². The van der Waals surface area contributed by atoms with E-state index < -0.39 is 11.9 Å². The van der Waals surface area contributed by atoms with Gasteiger partial charge in [-0.1, -0.05) is 0 Å². The van der Waals surface area contributed by atoms with Gasteiger partial charge in [0.05, 0.1) is 0 Å². The first-order chi connectivity index (χ1) is 10.9. The molecule has 0 aromatic carbocycles. The zero-order chi connectivity index (χ0) is 16.4. The normalized spacial score (nSPS) is 16.8. The van der Waals surface area contributed by atoms with Crippen LogP contribution in [0, 0.1) is 12.8 Å². The van der Waals surface area contributed by atoms with Crippen LogP contribution in [0.2, 0.25) is 0 Å². The first-order valence-corrected chi connectivity index (χ1v) is 7.58. The lowest BCUT2D eigenvalue weighted by Gasteiger charge is -2.32. The summed E-state index contributed by atoms with van der Waals surface area (Å²) in [6.45, 7) is 2.89. The zero-order valence-electron chi connectivity index (χ0n) is 12.8. The molecule has 1 aliphatic rings. The van der Waals surface area contributed by atoms with Gasteiger partial charge in [-0.05, 0) is 44.2 Å². The van der Waals surface area contributed by atoms with Crippen LogP contribution in [0.5, 0.6) is 0 Å². The molecule has 5 nitrogen and oxygen atoms in total. The van der Waals surface area contributed by atoms with Gasteiger partial charge in [0.25, 0.3) is 0 Å². The van der Waals surface area contributed by atoms with Crippen molar-refractivity contribution < 1.29 is 13.2 Å². The first kappa shape index (κ1) is 15.8. The molecule has 0 aliphatic carbocycles. The Balaban J connectivity index is 1.66. The van der Waals surface area contributed by atoms with E-state index in [-0.39, 0.29) is 5.95 Å². The number of H-pyrrole nitrogens is 1. The second-order valence-electron chi connectivity index (χ2n) is 5.91. The molecule has 0 unspecified atom stereocenters. The Labute approximate surface area is 131 Å². The molecule has 124 valence electrons. The third-order valence-electron chi connectivity index (χ3n) is 4.10. The fourth-order valence-electron chi connectivity index (χ4n) is 2.89. The second-order valence-corrected chi connectivity index (χ2v) is 5.91. The van der Waals surface area contributed by atoms with E-state index in [4.69, 9.17) is 0 Å². The van der Waals surface area contributed by atoms with Crippen LogP contribution in [0.15, 0.2) is 18.3 Å². The summed E-state index contributed by atoms with van der Waals surface area (Å²) >= 11 is 0. The smallest absolute Gasteiger partial charge is 0.341 e. The molecular formula is C15H18F3N5. The molecule has 0 spiro atoms. The molecule has 0 saturated carbocycles. The summed E-state index contributed by atoms with van der Waals surface area (Å²) in [5.41, 5.74) is 0.552. The average molecular weight is 325 g/mol. The lowest BCUT2D eigenvalue weighted by atomic mass is 9.92. The van der Waals surface area contributed by atoms with Gasteiger partial charge in [0.2, 0.25) is 5.95 Å². The maximum Gasteiger partial charge on any atom is 0.433 e. The highest BCUT2D eigenvalue weighted by molar-refractivity contribution is 5.33. The van der Waals surface area contributed by atoms with E-state index in [9.17, 15) is 13.2 Å². The maximum absolute atomic E-state index is 12.9. The van der Waals surface area contributed by atoms with Crippen molar-refractivity contribution in [1.29, 1.82) is 0 Å². The number of rotatable bonds is 3. The minimum Gasteiger partial charge on any atom is -0.341 e. The van der Waals surface area contributed by atoms with E-state index in [1.165, 1.54) is 0 Å². The standard InChI is InChI=1S/C15H18F3N5/c1-10-8-13(15(16,17)18)21-14(20-10)23-6-3-11(4-7-23)9-12-2-5-19-22-12/h2,5,8,11H,3-4,6-7,9H2,1H3,(H,19,22). The van der Waals surface area contributed by atoms with Crippen LogP contribution in [-0.2, 0) is 12.6 Å². The van der Waals surface area contributed by atoms with Gasteiger partial charge in [-0.15, -0.1) is 0 Å². The monoisotopic (exact) mass is 325 g/mol. The summed E-state index contributed by atoms with van der Waals surface area (Å²) < 4.78 is 38.6. The van der Waals surface area contributed by atoms with Crippen molar-refractivity contribution in [3.63, 3.8) is 0 Å². The summed E-state index contributed by atoms with van der Waals surface area (Å²) in [5, 5.41) is 6.88. The molecule has 1 fully saturated rings. The van der Waals surface area contributed by atoms with Crippen molar-refractivity contribution in [2.24, 2.45) is 5.92 Å². The molecule has 2 aromatic heterocycles. The Morgan fingerprint density at radius 3 is 2.61 bits per heavy atom. The van der Waals surface area contributed by atoms with E-state index in [1.54, 1.807) is 13.1 Å². The molecule has 0 radical (unpaired) electrons. The number of aromatic amines is 1. The summed E-state index contributed by atoms with van der Waals surface area (Å²) in [6, 6.07) is 2.93. The third-order valence-corrected chi connectivity index (χ3v) is 4.10. The van der Waals surface area contributed by atoms with Crippen LogP contribution in [0.3, 0.4) is 0 Å². The SMILES string of the molecule is Cc1cc(C(F)(F)F)nc(N2CCC(Cc3ccn[nH]3)CC2)n1. The maximum atomic E-state index is 12.9. The minimum atomic E-state index is -4.44. The van der Waals surface area contributed by atoms with Crippen molar-refractivity contribution in [2.45, 2.75) is 32.4 Å². The van der Waals surface area contributed by atoms with Crippen molar-refractivity contribution >= 4 is 5.95 Å². The number of alkyl halides is 3. The van der Waals surface area contributed by atoms with Crippen LogP contribution in [0.4, 0.5) is 19.1 Å². The molecule has 3 rings (SSSR count). The fraction of sp³-hybridized carbons (Fsp3) is 0.533. The van der Waals surface area contributed by atoms with Crippen molar-refractivity contribution in [3.8, 4) is 0 Å². The number of aromatic nitrogens is 4. The number of halogens is 3. The summed E-state index contributed by atoms with van der Waals surface area (Å²) in [5.74, 6) is 0.677. The van der Waals surface area contributed by atoms with Gasteiger partial charge in [-0.25, -0.2) is 9.97 Å². The lowest BCUT2D eigenvalue weighted by molar-refractivity contribution is -0.141. The Kier molecular flexibility index (Phi) is 4.23. The molecule has 1 aliphatic heterocycles. The largest absolute Gasteiger partial charge is 0.433 e. The van der Waals surface area contributed by atoms with Crippen molar-refractivity contribution in [2.75, 3.05) is 18.0 Å². The Morgan fingerprint density at radius 2 is 2.00 bits per heavy atom. The summed E-state index contributed by atoms with van der Waals surface area (Å²) in [7, 11) is 0. The fourth-order valence-corrected chi connectivity index (χ4v) is 2.89. The Hall–Kier alpha value is -2.12. The number of hydrogen-bond acceptors (Lipinski definition) is 4. The second kappa shape index (κ2) is 6.17. The zero-order valence-corrected chi connectivity index (χ0v) is 12.8. The molecule has 1 N–H and O–H groups in total. The average Bonchev–Trinajstić information content (AvgIpc) is 2.99. The van der Waals surface area contributed by atoms with E-state index in [1.807, 2.05) is 11.0 Å². The predicted molar refractivity (Wildman–Crippen MR) is 79.0 cm³/mol. The number of hydrogen-bond donors (Lipinski definition) is 1. The van der Waals surface area contributed by atoms with Crippen molar-refractivity contribution in [3.05, 3.63) is 35.4 Å². The number of nitrogens with one attached hydrogen (secondary N) is 1. The summed E-state index contributed by atoms with van der Waals surface area (Å²) in [4.78, 5) is 9.71. The summed E-state index contributed by atoms with van der Waals surface area (Å²) in [6.07, 6.45) is -0.00321. The highest BCUT2D eigenvalue weighted by Crippen LogP contribution is 2.30. The number of aryl methyl sites for hydroxylation is 1. The highest BCUT2D eigenvalue weighted by atomic mass is 19.4. The van der Waals surface area contributed by atoms with Crippen LogP contribution < -0.4 is 4.90 Å². The molecule has 2 aromatic rings. The highest BCUT2D eigenvalue weighted by Gasteiger charge is 2.34. The molecule has 23 heavy (non-hydrogen) atoms. The molecule has 0 amide bonds. The molecule has 0 atom stereocenters. The van der Waals surface area contributed by atoms with E-state index in [0.29, 0.717) is 24.7 Å². The van der Waals surface area contributed by atoms with E-state index in [2.05, 4.69) is 20.2 Å². The van der Waals surface area contributed by atoms with Gasteiger partial charge in [-0.3, -0.25) is 5.10 Å². The number of nitrogens with zero attached hydrogens (tertiary/aromatic N) is 4. The third kappa shape index (κ3) is 3.80. The Bertz CT molecular complexity index is 646. The van der Waals surface area contributed by atoms with E-state index >= 15 is 0 Å². The van der Waals surface area contributed by atoms with Gasteiger partial charge in [0.1, 0.15) is 5.69 Å². The predicted octanol–water partition coefficient (Wildman–Crippen LogP) is 2.99. The minimum absolute atomic E-state index is 0.178. The van der Waals surface area contributed by atoms with Gasteiger partial charge >= 0.3 is 6.18 Å². The van der Waals surface area contributed by atoms with Gasteiger partial charge < -0.3 is 4.90 Å². The molecule has 0 bridgehead atoms.